The number of primary sulfonamides is 1. The fourth-order valence-corrected chi connectivity index (χ4v) is 2.83. The number of carbonyl (C=O) groups excluding carboxylic acids is 1. The summed E-state index contributed by atoms with van der Waals surface area (Å²) >= 11 is 0. The van der Waals surface area contributed by atoms with Gasteiger partial charge < -0.3 is 9.32 Å². The second-order valence-corrected chi connectivity index (χ2v) is 5.93. The van der Waals surface area contributed by atoms with Gasteiger partial charge in [0.1, 0.15) is 0 Å². The first-order valence-electron chi connectivity index (χ1n) is 5.33. The molecule has 1 unspecified atom stereocenters. The van der Waals surface area contributed by atoms with Gasteiger partial charge in [-0.2, -0.15) is 0 Å². The summed E-state index contributed by atoms with van der Waals surface area (Å²) in [6.45, 7) is 0.671. The summed E-state index contributed by atoms with van der Waals surface area (Å²) in [6.07, 6.45) is 2.54. The molecule has 1 amide bonds. The van der Waals surface area contributed by atoms with E-state index in [-0.39, 0.29) is 18.2 Å². The van der Waals surface area contributed by atoms with Crippen LogP contribution in [-0.4, -0.2) is 37.6 Å². The van der Waals surface area contributed by atoms with Gasteiger partial charge in [0.05, 0.1) is 11.5 Å². The highest BCUT2D eigenvalue weighted by molar-refractivity contribution is 7.89. The molecule has 0 radical (unpaired) electrons. The molecule has 1 saturated heterocycles. The second-order valence-electron chi connectivity index (χ2n) is 4.08. The zero-order valence-corrected chi connectivity index (χ0v) is 10.0. The molecule has 2 N–H and O–H groups in total. The molecule has 1 aromatic heterocycles. The Labute approximate surface area is 99.4 Å². The molecule has 1 atom stereocenters. The van der Waals surface area contributed by atoms with Crippen molar-refractivity contribution < 1.29 is 17.6 Å². The van der Waals surface area contributed by atoms with E-state index in [2.05, 4.69) is 0 Å². The Balaban J connectivity index is 2.10. The average Bonchev–Trinajstić information content (AvgIpc) is 2.80. The number of amides is 1. The molecule has 2 heterocycles. The molecule has 1 aliphatic rings. The second kappa shape index (κ2) is 4.50. The van der Waals surface area contributed by atoms with E-state index in [1.54, 1.807) is 12.1 Å². The van der Waals surface area contributed by atoms with E-state index in [4.69, 9.17) is 9.56 Å². The molecule has 0 aliphatic carbocycles. The molecule has 0 saturated carbocycles. The third kappa shape index (κ3) is 2.67. The van der Waals surface area contributed by atoms with Crippen LogP contribution < -0.4 is 5.14 Å². The summed E-state index contributed by atoms with van der Waals surface area (Å²) in [5, 5.41) is 4.43. The topological polar surface area (TPSA) is 93.6 Å². The predicted octanol–water partition coefficient (Wildman–Crippen LogP) is 0.173. The Morgan fingerprint density at radius 3 is 2.88 bits per heavy atom. The van der Waals surface area contributed by atoms with Crippen molar-refractivity contribution in [2.24, 2.45) is 5.14 Å². The van der Waals surface area contributed by atoms with Gasteiger partial charge in [-0.25, -0.2) is 13.6 Å². The van der Waals surface area contributed by atoms with Crippen molar-refractivity contribution in [3.05, 3.63) is 24.2 Å². The molecular weight excluding hydrogens is 244 g/mol. The lowest BCUT2D eigenvalue weighted by Crippen LogP contribution is -2.46. The number of likely N-dealkylation sites (tertiary alicyclic amines) is 1. The van der Waals surface area contributed by atoms with E-state index >= 15 is 0 Å². The minimum Gasteiger partial charge on any atom is -0.459 e. The van der Waals surface area contributed by atoms with E-state index in [0.29, 0.717) is 19.4 Å². The number of nitrogens with zero attached hydrogens (tertiary/aromatic N) is 1. The molecule has 0 bridgehead atoms. The number of rotatable bonds is 2. The highest BCUT2D eigenvalue weighted by Crippen LogP contribution is 2.17. The highest BCUT2D eigenvalue weighted by Gasteiger charge is 2.31. The Morgan fingerprint density at radius 1 is 1.53 bits per heavy atom. The van der Waals surface area contributed by atoms with Crippen molar-refractivity contribution in [1.82, 2.24) is 4.90 Å². The molecule has 0 aromatic carbocycles. The third-order valence-corrected chi connectivity index (χ3v) is 4.18. The summed E-state index contributed by atoms with van der Waals surface area (Å²) in [4.78, 5) is 13.4. The van der Waals surface area contributed by atoms with Crippen molar-refractivity contribution in [2.45, 2.75) is 18.1 Å². The maximum atomic E-state index is 11.9. The number of carbonyl (C=O) groups is 1. The summed E-state index contributed by atoms with van der Waals surface area (Å²) in [6, 6.07) is 3.18. The van der Waals surface area contributed by atoms with Gasteiger partial charge in [-0.3, -0.25) is 4.79 Å². The smallest absolute Gasteiger partial charge is 0.289 e. The van der Waals surface area contributed by atoms with Gasteiger partial charge in [-0.05, 0) is 25.0 Å². The number of sulfonamides is 1. The van der Waals surface area contributed by atoms with E-state index in [9.17, 15) is 13.2 Å². The average molecular weight is 258 g/mol. The maximum absolute atomic E-state index is 11.9. The molecule has 94 valence electrons. The number of hydrogen-bond acceptors (Lipinski definition) is 4. The van der Waals surface area contributed by atoms with Crippen LogP contribution in [0.5, 0.6) is 0 Å². The molecule has 1 aliphatic heterocycles. The van der Waals surface area contributed by atoms with Gasteiger partial charge in [0.25, 0.3) is 5.91 Å². The van der Waals surface area contributed by atoms with Gasteiger partial charge in [0.15, 0.2) is 5.76 Å². The molecule has 7 heteroatoms. The van der Waals surface area contributed by atoms with Crippen LogP contribution in [0, 0.1) is 0 Å². The molecule has 2 rings (SSSR count). The van der Waals surface area contributed by atoms with Crippen molar-refractivity contribution >= 4 is 15.9 Å². The van der Waals surface area contributed by atoms with E-state index in [0.717, 1.165) is 0 Å². The summed E-state index contributed by atoms with van der Waals surface area (Å²) in [7, 11) is -3.59. The molecule has 17 heavy (non-hydrogen) atoms. The van der Waals surface area contributed by atoms with Gasteiger partial charge in [0.2, 0.25) is 10.0 Å². The summed E-state index contributed by atoms with van der Waals surface area (Å²) in [5.74, 6) is -0.0663. The Kier molecular flexibility index (Phi) is 3.21. The molecular formula is C10H14N2O4S. The van der Waals surface area contributed by atoms with E-state index in [1.807, 2.05) is 0 Å². The predicted molar refractivity (Wildman–Crippen MR) is 60.7 cm³/mol. The van der Waals surface area contributed by atoms with Gasteiger partial charge >= 0.3 is 0 Å². The lowest BCUT2D eigenvalue weighted by molar-refractivity contribution is 0.0695. The van der Waals surface area contributed by atoms with Crippen LogP contribution in [0.15, 0.2) is 22.8 Å². The SMILES string of the molecule is NS(=O)(=O)C1CCCN(C(=O)c2ccco2)C1. The largest absolute Gasteiger partial charge is 0.459 e. The Hall–Kier alpha value is -1.34. The molecule has 1 fully saturated rings. The first-order chi connectivity index (χ1) is 7.98. The standard InChI is InChI=1S/C10H14N2O4S/c11-17(14,15)8-3-1-5-12(7-8)10(13)9-4-2-6-16-9/h2,4,6,8H,1,3,5,7H2,(H2,11,14,15). The van der Waals surface area contributed by atoms with Crippen LogP contribution in [0.1, 0.15) is 23.4 Å². The van der Waals surface area contributed by atoms with Crippen molar-refractivity contribution in [2.75, 3.05) is 13.1 Å². The monoisotopic (exact) mass is 258 g/mol. The summed E-state index contributed by atoms with van der Waals surface area (Å²) in [5.41, 5.74) is 0. The minimum absolute atomic E-state index is 0.137. The maximum Gasteiger partial charge on any atom is 0.289 e. The molecule has 1 aromatic rings. The minimum atomic E-state index is -3.59. The fourth-order valence-electron chi connectivity index (χ4n) is 1.95. The quantitative estimate of drug-likeness (QED) is 0.818. The van der Waals surface area contributed by atoms with Gasteiger partial charge in [-0.15, -0.1) is 0 Å². The van der Waals surface area contributed by atoms with Crippen LogP contribution in [-0.2, 0) is 10.0 Å². The zero-order chi connectivity index (χ0) is 12.5. The van der Waals surface area contributed by atoms with Crippen LogP contribution in [0.25, 0.3) is 0 Å². The van der Waals surface area contributed by atoms with Crippen LogP contribution in [0.2, 0.25) is 0 Å². The Morgan fingerprint density at radius 2 is 2.29 bits per heavy atom. The van der Waals surface area contributed by atoms with Crippen molar-refractivity contribution in [3.63, 3.8) is 0 Å². The number of piperidine rings is 1. The summed E-state index contributed by atoms with van der Waals surface area (Å²) < 4.78 is 27.5. The fraction of sp³-hybridized carbons (Fsp3) is 0.500. The lowest BCUT2D eigenvalue weighted by atomic mass is 10.1. The van der Waals surface area contributed by atoms with Crippen molar-refractivity contribution in [1.29, 1.82) is 0 Å². The first kappa shape index (κ1) is 12.1. The number of nitrogens with two attached hydrogens (primary N) is 1. The third-order valence-electron chi connectivity index (χ3n) is 2.86. The van der Waals surface area contributed by atoms with E-state index in [1.165, 1.54) is 11.2 Å². The number of hydrogen-bond donors (Lipinski definition) is 1. The van der Waals surface area contributed by atoms with Crippen LogP contribution in [0.3, 0.4) is 0 Å². The van der Waals surface area contributed by atoms with Crippen LogP contribution in [0.4, 0.5) is 0 Å². The first-order valence-corrected chi connectivity index (χ1v) is 6.94. The lowest BCUT2D eigenvalue weighted by Gasteiger charge is -2.30. The number of furan rings is 1. The van der Waals surface area contributed by atoms with Gasteiger partial charge in [0, 0.05) is 13.1 Å². The van der Waals surface area contributed by atoms with Gasteiger partial charge in [-0.1, -0.05) is 0 Å². The Bertz CT molecular complexity index is 494. The van der Waals surface area contributed by atoms with Crippen LogP contribution >= 0.6 is 0 Å². The molecule has 0 spiro atoms. The zero-order valence-electron chi connectivity index (χ0n) is 9.20. The van der Waals surface area contributed by atoms with E-state index < -0.39 is 15.3 Å². The normalized spacial score (nSPS) is 21.5. The molecule has 6 nitrogen and oxygen atoms in total. The van der Waals surface area contributed by atoms with Crippen molar-refractivity contribution in [3.8, 4) is 0 Å². The highest BCUT2D eigenvalue weighted by atomic mass is 32.2.